The predicted molar refractivity (Wildman–Crippen MR) is 60.1 cm³/mol. The highest BCUT2D eigenvalue weighted by molar-refractivity contribution is 4.95. The topological polar surface area (TPSA) is 30.5 Å². The molecule has 0 aromatic heterocycles. The molecule has 15 heavy (non-hydrogen) atoms. The maximum Gasteiger partial charge on any atom is 0.0620 e. The molecular formula is C12H23NO2. The zero-order valence-corrected chi connectivity index (χ0v) is 9.76. The predicted octanol–water partition coefficient (Wildman–Crippen LogP) is 1.71. The van der Waals surface area contributed by atoms with Crippen LogP contribution in [0.3, 0.4) is 0 Å². The first-order valence-corrected chi connectivity index (χ1v) is 6.19. The summed E-state index contributed by atoms with van der Waals surface area (Å²) in [5, 5.41) is 3.82. The molecule has 1 saturated carbocycles. The molecule has 0 bridgehead atoms. The van der Waals surface area contributed by atoms with E-state index in [1.54, 1.807) is 7.11 Å². The SMILES string of the molecule is COCCC1(NC2CCOC2)CCCC1. The molecule has 88 valence electrons. The van der Waals surface area contributed by atoms with E-state index in [4.69, 9.17) is 9.47 Å². The number of methoxy groups -OCH3 is 1. The van der Waals surface area contributed by atoms with Crippen molar-refractivity contribution in [1.29, 1.82) is 0 Å². The lowest BCUT2D eigenvalue weighted by atomic mass is 9.92. The standard InChI is InChI=1S/C12H23NO2/c1-14-9-7-12(5-2-3-6-12)13-11-4-8-15-10-11/h11,13H,2-10H2,1H3. The second kappa shape index (κ2) is 5.28. The van der Waals surface area contributed by atoms with E-state index in [0.29, 0.717) is 11.6 Å². The van der Waals surface area contributed by atoms with Crippen LogP contribution >= 0.6 is 0 Å². The fourth-order valence-electron chi connectivity index (χ4n) is 2.90. The largest absolute Gasteiger partial charge is 0.385 e. The van der Waals surface area contributed by atoms with Crippen molar-refractivity contribution < 1.29 is 9.47 Å². The Balaban J connectivity index is 1.86. The molecule has 3 nitrogen and oxygen atoms in total. The van der Waals surface area contributed by atoms with Gasteiger partial charge in [-0.2, -0.15) is 0 Å². The number of ether oxygens (including phenoxy) is 2. The number of hydrogen-bond donors (Lipinski definition) is 1. The third-order valence-electron chi connectivity index (χ3n) is 3.79. The van der Waals surface area contributed by atoms with Gasteiger partial charge in [0.25, 0.3) is 0 Å². The summed E-state index contributed by atoms with van der Waals surface area (Å²) in [4.78, 5) is 0. The van der Waals surface area contributed by atoms with Crippen LogP contribution in [0.5, 0.6) is 0 Å². The second-order valence-electron chi connectivity index (χ2n) is 4.94. The van der Waals surface area contributed by atoms with Gasteiger partial charge in [-0.3, -0.25) is 0 Å². The lowest BCUT2D eigenvalue weighted by Crippen LogP contribution is -2.49. The number of hydrogen-bond acceptors (Lipinski definition) is 3. The highest BCUT2D eigenvalue weighted by Crippen LogP contribution is 2.33. The van der Waals surface area contributed by atoms with Gasteiger partial charge in [0.1, 0.15) is 0 Å². The molecule has 2 rings (SSSR count). The van der Waals surface area contributed by atoms with Gasteiger partial charge in [0, 0.05) is 31.9 Å². The molecule has 1 aliphatic carbocycles. The van der Waals surface area contributed by atoms with Gasteiger partial charge in [0.05, 0.1) is 6.61 Å². The fourth-order valence-corrected chi connectivity index (χ4v) is 2.90. The first kappa shape index (κ1) is 11.4. The Kier molecular flexibility index (Phi) is 4.00. The molecule has 2 aliphatic rings. The van der Waals surface area contributed by atoms with Gasteiger partial charge in [-0.05, 0) is 25.7 Å². The Labute approximate surface area is 92.5 Å². The zero-order valence-electron chi connectivity index (χ0n) is 9.76. The van der Waals surface area contributed by atoms with E-state index >= 15 is 0 Å². The summed E-state index contributed by atoms with van der Waals surface area (Å²) in [6.45, 7) is 2.70. The van der Waals surface area contributed by atoms with Crippen LogP contribution < -0.4 is 5.32 Å². The van der Waals surface area contributed by atoms with Crippen LogP contribution in [0.2, 0.25) is 0 Å². The van der Waals surface area contributed by atoms with Gasteiger partial charge in [-0.1, -0.05) is 12.8 Å². The summed E-state index contributed by atoms with van der Waals surface area (Å²) in [6, 6.07) is 0.583. The maximum atomic E-state index is 5.42. The average Bonchev–Trinajstić information content (AvgIpc) is 2.88. The fraction of sp³-hybridized carbons (Fsp3) is 1.00. The van der Waals surface area contributed by atoms with E-state index in [9.17, 15) is 0 Å². The Morgan fingerprint density at radius 3 is 2.80 bits per heavy atom. The summed E-state index contributed by atoms with van der Waals surface area (Å²) < 4.78 is 10.6. The van der Waals surface area contributed by atoms with Crippen LogP contribution in [0, 0.1) is 0 Å². The van der Waals surface area contributed by atoms with Gasteiger partial charge in [0.2, 0.25) is 0 Å². The quantitative estimate of drug-likeness (QED) is 0.754. The number of nitrogens with one attached hydrogen (secondary N) is 1. The van der Waals surface area contributed by atoms with Gasteiger partial charge in [0.15, 0.2) is 0 Å². The smallest absolute Gasteiger partial charge is 0.0620 e. The van der Waals surface area contributed by atoms with E-state index in [2.05, 4.69) is 5.32 Å². The molecule has 1 saturated heterocycles. The van der Waals surface area contributed by atoms with E-state index < -0.39 is 0 Å². The zero-order chi connectivity index (χ0) is 10.6. The summed E-state index contributed by atoms with van der Waals surface area (Å²) in [6.07, 6.45) is 7.68. The van der Waals surface area contributed by atoms with Crippen LogP contribution in [0.15, 0.2) is 0 Å². The van der Waals surface area contributed by atoms with Crippen molar-refractivity contribution >= 4 is 0 Å². The van der Waals surface area contributed by atoms with E-state index in [1.807, 2.05) is 0 Å². The molecule has 0 amide bonds. The lowest BCUT2D eigenvalue weighted by Gasteiger charge is -2.33. The molecule has 1 aliphatic heterocycles. The molecule has 1 unspecified atom stereocenters. The van der Waals surface area contributed by atoms with Crippen molar-refractivity contribution in [2.75, 3.05) is 26.9 Å². The molecule has 0 aromatic carbocycles. The first-order valence-electron chi connectivity index (χ1n) is 6.19. The summed E-state index contributed by atoms with van der Waals surface area (Å²) in [7, 11) is 1.79. The van der Waals surface area contributed by atoms with Crippen molar-refractivity contribution in [3.8, 4) is 0 Å². The Morgan fingerprint density at radius 1 is 1.40 bits per heavy atom. The molecule has 0 radical (unpaired) electrons. The van der Waals surface area contributed by atoms with Gasteiger partial charge in [-0.15, -0.1) is 0 Å². The molecule has 3 heteroatoms. The summed E-state index contributed by atoms with van der Waals surface area (Å²) in [5.41, 5.74) is 0.356. The van der Waals surface area contributed by atoms with Gasteiger partial charge >= 0.3 is 0 Å². The lowest BCUT2D eigenvalue weighted by molar-refractivity contribution is 0.140. The third-order valence-corrected chi connectivity index (χ3v) is 3.79. The Hall–Kier alpha value is -0.120. The van der Waals surface area contributed by atoms with E-state index in [1.165, 1.54) is 32.1 Å². The molecule has 1 N–H and O–H groups in total. The van der Waals surface area contributed by atoms with Crippen LogP contribution in [0.4, 0.5) is 0 Å². The monoisotopic (exact) mass is 213 g/mol. The minimum atomic E-state index is 0.356. The number of rotatable bonds is 5. The van der Waals surface area contributed by atoms with Crippen LogP contribution in [0.25, 0.3) is 0 Å². The Morgan fingerprint density at radius 2 is 2.20 bits per heavy atom. The molecular weight excluding hydrogens is 190 g/mol. The van der Waals surface area contributed by atoms with Gasteiger partial charge in [-0.25, -0.2) is 0 Å². The molecule has 0 spiro atoms. The van der Waals surface area contributed by atoms with Crippen LogP contribution in [0.1, 0.15) is 38.5 Å². The van der Waals surface area contributed by atoms with Crippen molar-refractivity contribution in [1.82, 2.24) is 5.32 Å². The minimum Gasteiger partial charge on any atom is -0.385 e. The van der Waals surface area contributed by atoms with Crippen LogP contribution in [-0.4, -0.2) is 38.5 Å². The van der Waals surface area contributed by atoms with E-state index in [-0.39, 0.29) is 0 Å². The normalized spacial score (nSPS) is 29.8. The first-order chi connectivity index (χ1) is 7.35. The van der Waals surface area contributed by atoms with Crippen LogP contribution in [-0.2, 0) is 9.47 Å². The summed E-state index contributed by atoms with van der Waals surface area (Å²) in [5.74, 6) is 0. The molecule has 1 atom stereocenters. The highest BCUT2D eigenvalue weighted by atomic mass is 16.5. The summed E-state index contributed by atoms with van der Waals surface area (Å²) >= 11 is 0. The third kappa shape index (κ3) is 2.92. The van der Waals surface area contributed by atoms with E-state index in [0.717, 1.165) is 26.2 Å². The second-order valence-corrected chi connectivity index (χ2v) is 4.94. The van der Waals surface area contributed by atoms with Crippen molar-refractivity contribution in [2.45, 2.75) is 50.1 Å². The molecule has 0 aromatic rings. The van der Waals surface area contributed by atoms with Gasteiger partial charge < -0.3 is 14.8 Å². The Bertz CT molecular complexity index is 184. The minimum absolute atomic E-state index is 0.356. The highest BCUT2D eigenvalue weighted by Gasteiger charge is 2.35. The molecule has 2 fully saturated rings. The molecule has 1 heterocycles. The average molecular weight is 213 g/mol. The maximum absolute atomic E-state index is 5.42. The van der Waals surface area contributed by atoms with Crippen molar-refractivity contribution in [3.63, 3.8) is 0 Å². The van der Waals surface area contributed by atoms with Crippen molar-refractivity contribution in [3.05, 3.63) is 0 Å². The van der Waals surface area contributed by atoms with Crippen molar-refractivity contribution in [2.24, 2.45) is 0 Å².